The number of nitrogen functional groups attached to an aromatic ring is 1. The Labute approximate surface area is 130 Å². The van der Waals surface area contributed by atoms with Gasteiger partial charge >= 0.3 is 0 Å². The van der Waals surface area contributed by atoms with Gasteiger partial charge < -0.3 is 16.4 Å². The molecule has 1 aliphatic heterocycles. The molecule has 2 aromatic carbocycles. The van der Waals surface area contributed by atoms with Crippen LogP contribution in [-0.4, -0.2) is 19.0 Å². The second kappa shape index (κ2) is 6.20. The zero-order valence-electron chi connectivity index (χ0n) is 12.7. The summed E-state index contributed by atoms with van der Waals surface area (Å²) in [6.45, 7) is 3.43. The molecule has 4 N–H and O–H groups in total. The van der Waals surface area contributed by atoms with Crippen LogP contribution in [0.3, 0.4) is 0 Å². The molecule has 1 heterocycles. The van der Waals surface area contributed by atoms with Crippen LogP contribution in [-0.2, 0) is 6.42 Å². The van der Waals surface area contributed by atoms with Gasteiger partial charge in [0.25, 0.3) is 5.91 Å². The maximum atomic E-state index is 12.4. The zero-order chi connectivity index (χ0) is 15.5. The number of amides is 1. The smallest absolute Gasteiger partial charge is 0.251 e. The fourth-order valence-electron chi connectivity index (χ4n) is 2.95. The molecule has 3 rings (SSSR count). The molecular formula is C18H21N3O. The number of aryl methyl sites for hydroxylation is 1. The predicted molar refractivity (Wildman–Crippen MR) is 88.8 cm³/mol. The Bertz CT molecular complexity index is 696. The number of carbonyl (C=O) groups is 1. The van der Waals surface area contributed by atoms with Crippen molar-refractivity contribution in [2.45, 2.75) is 19.4 Å². The summed E-state index contributed by atoms with van der Waals surface area (Å²) in [7, 11) is 0. The van der Waals surface area contributed by atoms with Gasteiger partial charge in [-0.15, -0.1) is 0 Å². The molecule has 4 nitrogen and oxygen atoms in total. The van der Waals surface area contributed by atoms with Crippen LogP contribution in [0.2, 0.25) is 0 Å². The Hall–Kier alpha value is -2.33. The summed E-state index contributed by atoms with van der Waals surface area (Å²) in [6, 6.07) is 14.0. The number of fused-ring (bicyclic) bond motifs is 1. The molecule has 114 valence electrons. The largest absolute Gasteiger partial charge is 0.399 e. The Morgan fingerprint density at radius 1 is 1.32 bits per heavy atom. The molecule has 0 aliphatic carbocycles. The molecule has 0 aromatic heterocycles. The molecule has 1 unspecified atom stereocenters. The summed E-state index contributed by atoms with van der Waals surface area (Å²) in [5.41, 5.74) is 10.6. The maximum Gasteiger partial charge on any atom is 0.251 e. The molecule has 2 aromatic rings. The molecule has 0 saturated carbocycles. The topological polar surface area (TPSA) is 67.2 Å². The highest BCUT2D eigenvalue weighted by molar-refractivity contribution is 5.96. The zero-order valence-corrected chi connectivity index (χ0v) is 12.7. The maximum absolute atomic E-state index is 12.4. The van der Waals surface area contributed by atoms with Crippen LogP contribution in [0.1, 0.15) is 33.1 Å². The first-order chi connectivity index (χ1) is 10.6. The van der Waals surface area contributed by atoms with Crippen LogP contribution in [0, 0.1) is 6.92 Å². The van der Waals surface area contributed by atoms with Crippen molar-refractivity contribution in [3.05, 3.63) is 64.7 Å². The summed E-state index contributed by atoms with van der Waals surface area (Å²) in [6.07, 6.45) is 1.04. The lowest BCUT2D eigenvalue weighted by atomic mass is 9.94. The van der Waals surface area contributed by atoms with Crippen LogP contribution in [0.4, 0.5) is 5.69 Å². The number of nitrogens with two attached hydrogens (primary N) is 1. The number of carbonyl (C=O) groups excluding carboxylic acids is 1. The summed E-state index contributed by atoms with van der Waals surface area (Å²) >= 11 is 0. The molecule has 0 spiro atoms. The van der Waals surface area contributed by atoms with Gasteiger partial charge in [0.1, 0.15) is 0 Å². The highest BCUT2D eigenvalue weighted by Crippen LogP contribution is 2.22. The summed E-state index contributed by atoms with van der Waals surface area (Å²) in [4.78, 5) is 12.4. The fraction of sp³-hybridized carbons (Fsp3) is 0.278. The third-order valence-corrected chi connectivity index (χ3v) is 4.19. The Morgan fingerprint density at radius 2 is 2.14 bits per heavy atom. The van der Waals surface area contributed by atoms with E-state index in [4.69, 9.17) is 5.73 Å². The van der Waals surface area contributed by atoms with E-state index in [2.05, 4.69) is 28.8 Å². The van der Waals surface area contributed by atoms with Gasteiger partial charge in [-0.3, -0.25) is 4.79 Å². The third kappa shape index (κ3) is 2.97. The van der Waals surface area contributed by atoms with Crippen LogP contribution in [0.5, 0.6) is 0 Å². The molecule has 1 amide bonds. The van der Waals surface area contributed by atoms with Crippen molar-refractivity contribution in [1.29, 1.82) is 0 Å². The van der Waals surface area contributed by atoms with E-state index in [0.717, 1.165) is 18.5 Å². The minimum Gasteiger partial charge on any atom is -0.399 e. The molecule has 0 fully saturated rings. The minimum atomic E-state index is -0.0744. The van der Waals surface area contributed by atoms with E-state index >= 15 is 0 Å². The molecule has 0 radical (unpaired) electrons. The molecule has 0 saturated heterocycles. The van der Waals surface area contributed by atoms with Gasteiger partial charge in [0.15, 0.2) is 0 Å². The SMILES string of the molecule is Cc1ccc(N)cc1C(=O)NCC1NCCc2ccccc21. The van der Waals surface area contributed by atoms with Crippen molar-refractivity contribution in [2.75, 3.05) is 18.8 Å². The van der Waals surface area contributed by atoms with Crippen LogP contribution < -0.4 is 16.4 Å². The first-order valence-corrected chi connectivity index (χ1v) is 7.60. The second-order valence-electron chi connectivity index (χ2n) is 5.74. The van der Waals surface area contributed by atoms with Crippen molar-refractivity contribution in [2.24, 2.45) is 0 Å². The van der Waals surface area contributed by atoms with E-state index in [-0.39, 0.29) is 11.9 Å². The first kappa shape index (κ1) is 14.6. The average Bonchev–Trinajstić information content (AvgIpc) is 2.54. The van der Waals surface area contributed by atoms with E-state index in [9.17, 15) is 4.79 Å². The summed E-state index contributed by atoms with van der Waals surface area (Å²) in [5.74, 6) is -0.0744. The molecular weight excluding hydrogens is 274 g/mol. The van der Waals surface area contributed by atoms with Gasteiger partial charge in [-0.1, -0.05) is 30.3 Å². The summed E-state index contributed by atoms with van der Waals surface area (Å²) < 4.78 is 0. The minimum absolute atomic E-state index is 0.0744. The van der Waals surface area contributed by atoms with E-state index < -0.39 is 0 Å². The van der Waals surface area contributed by atoms with E-state index in [1.165, 1.54) is 11.1 Å². The highest BCUT2D eigenvalue weighted by Gasteiger charge is 2.20. The predicted octanol–water partition coefficient (Wildman–Crippen LogP) is 2.19. The lowest BCUT2D eigenvalue weighted by Crippen LogP contribution is -2.39. The van der Waals surface area contributed by atoms with Gasteiger partial charge in [-0.05, 0) is 48.7 Å². The lowest BCUT2D eigenvalue weighted by Gasteiger charge is -2.27. The van der Waals surface area contributed by atoms with Crippen LogP contribution in [0.15, 0.2) is 42.5 Å². The van der Waals surface area contributed by atoms with Crippen molar-refractivity contribution < 1.29 is 4.79 Å². The Kier molecular flexibility index (Phi) is 4.11. The first-order valence-electron chi connectivity index (χ1n) is 7.60. The number of benzene rings is 2. The number of hydrogen-bond donors (Lipinski definition) is 3. The van der Waals surface area contributed by atoms with E-state index in [1.807, 2.05) is 25.1 Å². The normalized spacial score (nSPS) is 16.9. The van der Waals surface area contributed by atoms with Crippen molar-refractivity contribution in [3.8, 4) is 0 Å². The quantitative estimate of drug-likeness (QED) is 0.760. The average molecular weight is 295 g/mol. The van der Waals surface area contributed by atoms with Crippen molar-refractivity contribution in [1.82, 2.24) is 10.6 Å². The fourth-order valence-corrected chi connectivity index (χ4v) is 2.95. The van der Waals surface area contributed by atoms with Gasteiger partial charge in [-0.2, -0.15) is 0 Å². The number of rotatable bonds is 3. The van der Waals surface area contributed by atoms with E-state index in [1.54, 1.807) is 6.07 Å². The standard InChI is InChI=1S/C18H21N3O/c1-12-6-7-14(19)10-16(12)18(22)21-11-17-15-5-3-2-4-13(15)8-9-20-17/h2-7,10,17,20H,8-9,11,19H2,1H3,(H,21,22). The number of anilines is 1. The van der Waals surface area contributed by atoms with Gasteiger partial charge in [0.2, 0.25) is 0 Å². The Balaban J connectivity index is 1.71. The van der Waals surface area contributed by atoms with Gasteiger partial charge in [0, 0.05) is 23.8 Å². The molecule has 22 heavy (non-hydrogen) atoms. The van der Waals surface area contributed by atoms with Gasteiger partial charge in [0.05, 0.1) is 0 Å². The van der Waals surface area contributed by atoms with Crippen molar-refractivity contribution in [3.63, 3.8) is 0 Å². The molecule has 1 atom stereocenters. The van der Waals surface area contributed by atoms with Crippen molar-refractivity contribution >= 4 is 11.6 Å². The highest BCUT2D eigenvalue weighted by atomic mass is 16.1. The number of nitrogens with one attached hydrogen (secondary N) is 2. The van der Waals surface area contributed by atoms with Crippen LogP contribution in [0.25, 0.3) is 0 Å². The number of hydrogen-bond acceptors (Lipinski definition) is 3. The monoisotopic (exact) mass is 295 g/mol. The Morgan fingerprint density at radius 3 is 3.00 bits per heavy atom. The van der Waals surface area contributed by atoms with Gasteiger partial charge in [-0.25, -0.2) is 0 Å². The van der Waals surface area contributed by atoms with E-state index in [0.29, 0.717) is 17.8 Å². The second-order valence-corrected chi connectivity index (χ2v) is 5.74. The molecule has 4 heteroatoms. The molecule has 0 bridgehead atoms. The molecule has 1 aliphatic rings. The summed E-state index contributed by atoms with van der Waals surface area (Å²) in [5, 5.41) is 6.49. The van der Waals surface area contributed by atoms with Crippen LogP contribution >= 0.6 is 0 Å². The lowest BCUT2D eigenvalue weighted by molar-refractivity contribution is 0.0948. The third-order valence-electron chi connectivity index (χ3n) is 4.19.